The lowest BCUT2D eigenvalue weighted by molar-refractivity contribution is 0.306. The Morgan fingerprint density at radius 2 is 1.67 bits per heavy atom. The van der Waals surface area contributed by atoms with Crippen molar-refractivity contribution in [3.05, 3.63) is 30.3 Å². The molecule has 0 unspecified atom stereocenters. The van der Waals surface area contributed by atoms with Gasteiger partial charge in [-0.05, 0) is 24.6 Å². The van der Waals surface area contributed by atoms with E-state index in [9.17, 15) is 8.42 Å². The van der Waals surface area contributed by atoms with Crippen LogP contribution in [-0.2, 0) is 14.3 Å². The van der Waals surface area contributed by atoms with Gasteiger partial charge in [0.25, 0.3) is 10.1 Å². The number of hydrogen-bond donors (Lipinski definition) is 0. The van der Waals surface area contributed by atoms with E-state index < -0.39 is 10.1 Å². The van der Waals surface area contributed by atoms with Crippen LogP contribution in [0.2, 0.25) is 0 Å². The normalized spacial score (nSPS) is 11.6. The van der Waals surface area contributed by atoms with Gasteiger partial charge in [0.05, 0.1) is 11.5 Å². The van der Waals surface area contributed by atoms with Crippen molar-refractivity contribution in [1.29, 1.82) is 0 Å². The van der Waals surface area contributed by atoms with Crippen molar-refractivity contribution in [3.63, 3.8) is 0 Å². The first-order chi connectivity index (χ1) is 8.67. The van der Waals surface area contributed by atoms with Gasteiger partial charge in [0.2, 0.25) is 0 Å². The van der Waals surface area contributed by atoms with Gasteiger partial charge in [-0.2, -0.15) is 8.42 Å². The maximum Gasteiger partial charge on any atom is 0.296 e. The molecule has 1 aromatic carbocycles. The molecule has 0 aliphatic rings. The first-order valence-corrected chi connectivity index (χ1v) is 7.93. The Labute approximate surface area is 110 Å². The minimum absolute atomic E-state index is 0.201. The number of unbranched alkanes of at least 4 members (excludes halogenated alkanes) is 5. The van der Waals surface area contributed by atoms with E-state index in [0.717, 1.165) is 19.3 Å². The molecule has 0 atom stereocenters. The summed E-state index contributed by atoms with van der Waals surface area (Å²) in [5.74, 6) is 0. The summed E-state index contributed by atoms with van der Waals surface area (Å²) in [6.07, 6.45) is 6.66. The summed E-state index contributed by atoms with van der Waals surface area (Å²) in [6.45, 7) is 2.44. The van der Waals surface area contributed by atoms with E-state index in [1.54, 1.807) is 12.1 Å². The monoisotopic (exact) mass is 269 g/mol. The lowest BCUT2D eigenvalue weighted by Gasteiger charge is -2.05. The Hall–Kier alpha value is -0.870. The fourth-order valence-corrected chi connectivity index (χ4v) is 2.60. The molecule has 4 heteroatoms. The lowest BCUT2D eigenvalue weighted by atomic mass is 10.1. The molecule has 0 aliphatic carbocycles. The SMILES string of the molecule is CCCCCCCCOS(=O)(=O)c1cc[c]cc1. The summed E-state index contributed by atoms with van der Waals surface area (Å²) in [7, 11) is -3.58. The Kier molecular flexibility index (Phi) is 6.98. The fourth-order valence-electron chi connectivity index (χ4n) is 1.66. The zero-order valence-corrected chi connectivity index (χ0v) is 11.7. The standard InChI is InChI=1S/C14H21O3S/c1-2-3-4-5-6-10-13-17-18(15,16)14-11-8-7-9-12-14/h8-9,11-12H,2-6,10,13H2,1H3. The summed E-state index contributed by atoms with van der Waals surface area (Å²) in [6, 6.07) is 8.91. The van der Waals surface area contributed by atoms with E-state index in [-0.39, 0.29) is 11.5 Å². The molecule has 0 bridgehead atoms. The maximum atomic E-state index is 11.7. The zero-order chi connectivity index (χ0) is 13.3. The van der Waals surface area contributed by atoms with Crippen LogP contribution in [0, 0.1) is 6.07 Å². The molecule has 3 nitrogen and oxygen atoms in total. The van der Waals surface area contributed by atoms with E-state index in [4.69, 9.17) is 4.18 Å². The van der Waals surface area contributed by atoms with Crippen LogP contribution in [-0.4, -0.2) is 15.0 Å². The highest BCUT2D eigenvalue weighted by Crippen LogP contribution is 2.12. The molecule has 0 heterocycles. The van der Waals surface area contributed by atoms with Crippen molar-refractivity contribution in [2.24, 2.45) is 0 Å². The summed E-state index contributed by atoms with van der Waals surface area (Å²) in [5.41, 5.74) is 0. The van der Waals surface area contributed by atoms with Crippen molar-refractivity contribution >= 4 is 10.1 Å². The van der Waals surface area contributed by atoms with Gasteiger partial charge >= 0.3 is 0 Å². The fraction of sp³-hybridized carbons (Fsp3) is 0.571. The number of hydrogen-bond acceptors (Lipinski definition) is 3. The van der Waals surface area contributed by atoms with Gasteiger partial charge in [-0.25, -0.2) is 0 Å². The molecule has 0 fully saturated rings. The summed E-state index contributed by atoms with van der Waals surface area (Å²) >= 11 is 0. The van der Waals surface area contributed by atoms with Crippen LogP contribution in [0.1, 0.15) is 45.4 Å². The van der Waals surface area contributed by atoms with Crippen molar-refractivity contribution in [2.45, 2.75) is 50.3 Å². The van der Waals surface area contributed by atoms with Crippen LogP contribution in [0.3, 0.4) is 0 Å². The van der Waals surface area contributed by atoms with Crippen LogP contribution >= 0.6 is 0 Å². The van der Waals surface area contributed by atoms with Gasteiger partial charge in [-0.1, -0.05) is 51.2 Å². The molecule has 0 aromatic heterocycles. The number of benzene rings is 1. The highest BCUT2D eigenvalue weighted by Gasteiger charge is 2.13. The van der Waals surface area contributed by atoms with Crippen molar-refractivity contribution in [3.8, 4) is 0 Å². The van der Waals surface area contributed by atoms with Crippen molar-refractivity contribution in [1.82, 2.24) is 0 Å². The molecule has 0 saturated carbocycles. The minimum Gasteiger partial charge on any atom is -0.266 e. The van der Waals surface area contributed by atoms with Gasteiger partial charge in [-0.15, -0.1) is 0 Å². The number of rotatable bonds is 9. The maximum absolute atomic E-state index is 11.7. The highest BCUT2D eigenvalue weighted by atomic mass is 32.2. The Balaban J connectivity index is 2.23. The molecular formula is C14H21O3S. The first kappa shape index (κ1) is 15.2. The van der Waals surface area contributed by atoms with Crippen molar-refractivity contribution < 1.29 is 12.6 Å². The second-order valence-corrected chi connectivity index (χ2v) is 5.89. The third-order valence-corrected chi connectivity index (χ3v) is 4.04. The Morgan fingerprint density at radius 1 is 1.06 bits per heavy atom. The molecule has 1 radical (unpaired) electrons. The second-order valence-electron chi connectivity index (χ2n) is 4.28. The lowest BCUT2D eigenvalue weighted by Crippen LogP contribution is -2.07. The summed E-state index contributed by atoms with van der Waals surface area (Å²) in [5, 5.41) is 0. The third kappa shape index (κ3) is 5.65. The topological polar surface area (TPSA) is 43.4 Å². The molecule has 1 rings (SSSR count). The van der Waals surface area contributed by atoms with E-state index in [1.165, 1.54) is 31.4 Å². The smallest absolute Gasteiger partial charge is 0.266 e. The van der Waals surface area contributed by atoms with Crippen LogP contribution in [0.4, 0.5) is 0 Å². The van der Waals surface area contributed by atoms with Gasteiger partial charge in [0, 0.05) is 0 Å². The molecular weight excluding hydrogens is 248 g/mol. The molecule has 0 spiro atoms. The summed E-state index contributed by atoms with van der Waals surface area (Å²) in [4.78, 5) is 0.201. The van der Waals surface area contributed by atoms with Gasteiger partial charge < -0.3 is 0 Å². The second kappa shape index (κ2) is 8.27. The molecule has 18 heavy (non-hydrogen) atoms. The average Bonchev–Trinajstić information content (AvgIpc) is 2.39. The molecule has 0 aliphatic heterocycles. The van der Waals surface area contributed by atoms with E-state index >= 15 is 0 Å². The van der Waals surface area contributed by atoms with Gasteiger partial charge in [0.1, 0.15) is 0 Å². The highest BCUT2D eigenvalue weighted by molar-refractivity contribution is 7.86. The van der Waals surface area contributed by atoms with E-state index in [2.05, 4.69) is 13.0 Å². The van der Waals surface area contributed by atoms with Crippen LogP contribution in [0.15, 0.2) is 29.2 Å². The zero-order valence-electron chi connectivity index (χ0n) is 10.9. The predicted octanol–water partition coefficient (Wildman–Crippen LogP) is 3.55. The first-order valence-electron chi connectivity index (χ1n) is 6.52. The molecule has 101 valence electrons. The molecule has 0 saturated heterocycles. The molecule has 1 aromatic rings. The van der Waals surface area contributed by atoms with Crippen LogP contribution in [0.25, 0.3) is 0 Å². The van der Waals surface area contributed by atoms with Crippen LogP contribution in [0.5, 0.6) is 0 Å². The van der Waals surface area contributed by atoms with Gasteiger partial charge in [-0.3, -0.25) is 4.18 Å². The summed E-state index contributed by atoms with van der Waals surface area (Å²) < 4.78 is 28.4. The van der Waals surface area contributed by atoms with E-state index in [0.29, 0.717) is 0 Å². The molecule has 0 amide bonds. The molecule has 0 N–H and O–H groups in total. The Morgan fingerprint density at radius 3 is 2.33 bits per heavy atom. The van der Waals surface area contributed by atoms with Crippen LogP contribution < -0.4 is 0 Å². The minimum atomic E-state index is -3.58. The van der Waals surface area contributed by atoms with E-state index in [1.807, 2.05) is 0 Å². The quantitative estimate of drug-likeness (QED) is 0.508. The largest absolute Gasteiger partial charge is 0.296 e. The van der Waals surface area contributed by atoms with Gasteiger partial charge in [0.15, 0.2) is 0 Å². The Bertz CT molecular complexity index is 412. The van der Waals surface area contributed by atoms with Crippen molar-refractivity contribution in [2.75, 3.05) is 6.61 Å². The average molecular weight is 269 g/mol. The third-order valence-electron chi connectivity index (χ3n) is 2.71. The predicted molar refractivity (Wildman–Crippen MR) is 71.8 cm³/mol.